The molecule has 0 aliphatic heterocycles. The average molecular weight is 241 g/mol. The van der Waals surface area contributed by atoms with Crippen LogP contribution in [0.3, 0.4) is 0 Å². The molecule has 0 bridgehead atoms. The van der Waals surface area contributed by atoms with Crippen molar-refractivity contribution in [1.29, 1.82) is 0 Å². The van der Waals surface area contributed by atoms with Gasteiger partial charge in [-0.25, -0.2) is 12.3 Å². The molecule has 5 heteroatoms. The summed E-state index contributed by atoms with van der Waals surface area (Å²) in [6.07, 6.45) is 0. The van der Waals surface area contributed by atoms with Crippen molar-refractivity contribution in [3.05, 3.63) is 28.7 Å². The van der Waals surface area contributed by atoms with E-state index in [2.05, 4.69) is 15.9 Å². The first-order valence-corrected chi connectivity index (χ1v) is 5.25. The Labute approximate surface area is 71.7 Å². The van der Waals surface area contributed by atoms with Gasteiger partial charge in [0.05, 0.1) is 0 Å². The van der Waals surface area contributed by atoms with Crippen LogP contribution in [0.2, 0.25) is 0 Å². The van der Waals surface area contributed by atoms with Crippen LogP contribution in [0.5, 0.6) is 0 Å². The number of rotatable bonds is 1. The van der Waals surface area contributed by atoms with E-state index >= 15 is 0 Å². The van der Waals surface area contributed by atoms with Gasteiger partial charge < -0.3 is 0 Å². The first-order valence-electron chi connectivity index (χ1n) is 2.83. The van der Waals surface area contributed by atoms with Crippen molar-refractivity contribution in [1.82, 2.24) is 0 Å². The fraction of sp³-hybridized carbons (Fsp3) is 0. The summed E-state index contributed by atoms with van der Waals surface area (Å²) in [7, 11) is -5.58. The molecule has 0 amide bonds. The van der Waals surface area contributed by atoms with Crippen molar-refractivity contribution in [3.63, 3.8) is 0 Å². The average Bonchev–Trinajstić information content (AvgIpc) is 1.86. The molecule has 0 heterocycles. The normalized spacial score (nSPS) is 11.6. The molecule has 0 spiro atoms. The second kappa shape index (κ2) is 2.98. The van der Waals surface area contributed by atoms with Crippen molar-refractivity contribution in [3.8, 4) is 0 Å². The summed E-state index contributed by atoms with van der Waals surface area (Å²) in [6, 6.07) is 4.98. The maximum atomic E-state index is 12.0. The molecule has 0 aliphatic rings. The van der Waals surface area contributed by atoms with E-state index in [9.17, 15) is 12.3 Å². The summed E-state index contributed by atoms with van der Waals surface area (Å²) in [6.45, 7) is 0. The molecular formula is C6H4BrF3Si. The lowest BCUT2D eigenvalue weighted by atomic mass is 10.4. The topological polar surface area (TPSA) is 0 Å². The van der Waals surface area contributed by atoms with Crippen molar-refractivity contribution in [2.75, 3.05) is 0 Å². The minimum absolute atomic E-state index is 0.485. The molecule has 0 saturated heterocycles. The van der Waals surface area contributed by atoms with Gasteiger partial charge >= 0.3 is 9.08 Å². The Balaban J connectivity index is 2.99. The second-order valence-electron chi connectivity index (χ2n) is 2.00. The molecule has 0 fully saturated rings. The minimum Gasteiger partial charge on any atom is -0.234 e. The van der Waals surface area contributed by atoms with Crippen LogP contribution in [0.15, 0.2) is 28.7 Å². The summed E-state index contributed by atoms with van der Waals surface area (Å²) in [4.78, 5) is 0. The Kier molecular flexibility index (Phi) is 2.39. The molecule has 0 nitrogen and oxygen atoms in total. The lowest BCUT2D eigenvalue weighted by Crippen LogP contribution is -2.33. The van der Waals surface area contributed by atoms with Crippen LogP contribution >= 0.6 is 15.9 Å². The van der Waals surface area contributed by atoms with Gasteiger partial charge in [-0.2, -0.15) is 0 Å². The van der Waals surface area contributed by atoms with E-state index < -0.39 is 14.3 Å². The third-order valence-corrected chi connectivity index (χ3v) is 2.69. The van der Waals surface area contributed by atoms with Gasteiger partial charge in [0.1, 0.15) is 0 Å². The van der Waals surface area contributed by atoms with Crippen LogP contribution in [0.25, 0.3) is 0 Å². The SMILES string of the molecule is F[Si](F)(F)c1ccc(Br)cc1. The molecule has 0 N–H and O–H groups in total. The second-order valence-corrected chi connectivity index (χ2v) is 4.49. The van der Waals surface area contributed by atoms with Gasteiger partial charge in [-0.15, -0.1) is 0 Å². The van der Waals surface area contributed by atoms with Gasteiger partial charge in [-0.1, -0.05) is 28.1 Å². The Morgan fingerprint density at radius 2 is 1.45 bits per heavy atom. The highest BCUT2D eigenvalue weighted by atomic mass is 79.9. The molecule has 11 heavy (non-hydrogen) atoms. The van der Waals surface area contributed by atoms with Crippen LogP contribution in [0.1, 0.15) is 0 Å². The molecule has 0 atom stereocenters. The predicted molar refractivity (Wildman–Crippen MR) is 42.9 cm³/mol. The van der Waals surface area contributed by atoms with E-state index in [1.165, 1.54) is 12.1 Å². The number of hydrogen-bond acceptors (Lipinski definition) is 0. The van der Waals surface area contributed by atoms with Crippen LogP contribution < -0.4 is 5.19 Å². The van der Waals surface area contributed by atoms with E-state index in [1.807, 2.05) is 0 Å². The molecular weight excluding hydrogens is 237 g/mol. The Morgan fingerprint density at radius 3 is 1.82 bits per heavy atom. The summed E-state index contributed by atoms with van der Waals surface area (Å²) in [5, 5.41) is -0.485. The van der Waals surface area contributed by atoms with Gasteiger partial charge in [-0.3, -0.25) is 0 Å². The van der Waals surface area contributed by atoms with E-state index in [0.717, 1.165) is 12.1 Å². The molecule has 60 valence electrons. The number of hydrogen-bond donors (Lipinski definition) is 0. The maximum Gasteiger partial charge on any atom is 0.653 e. The van der Waals surface area contributed by atoms with Gasteiger partial charge in [0.15, 0.2) is 0 Å². The fourth-order valence-electron chi connectivity index (χ4n) is 0.639. The van der Waals surface area contributed by atoms with Crippen LogP contribution in [-0.4, -0.2) is 9.08 Å². The highest BCUT2D eigenvalue weighted by Crippen LogP contribution is 2.12. The standard InChI is InChI=1S/C6H4BrF3Si/c7-5-1-3-6(4-2-5)11(8,9)10/h1-4H. The molecule has 0 saturated carbocycles. The summed E-state index contributed by atoms with van der Waals surface area (Å²) >= 11 is 3.06. The lowest BCUT2D eigenvalue weighted by molar-refractivity contribution is 0.501. The van der Waals surface area contributed by atoms with Gasteiger partial charge in [0, 0.05) is 9.66 Å². The third-order valence-electron chi connectivity index (χ3n) is 1.17. The molecule has 0 unspecified atom stereocenters. The van der Waals surface area contributed by atoms with E-state index in [4.69, 9.17) is 0 Å². The monoisotopic (exact) mass is 240 g/mol. The molecule has 0 aromatic heterocycles. The quantitative estimate of drug-likeness (QED) is 0.523. The molecule has 0 aliphatic carbocycles. The van der Waals surface area contributed by atoms with Crippen molar-refractivity contribution in [2.24, 2.45) is 0 Å². The highest BCUT2D eigenvalue weighted by Gasteiger charge is 2.39. The minimum atomic E-state index is -5.58. The molecule has 1 aromatic rings. The first-order chi connectivity index (χ1) is 5.00. The summed E-state index contributed by atoms with van der Waals surface area (Å²) < 4.78 is 36.8. The van der Waals surface area contributed by atoms with Crippen LogP contribution in [0.4, 0.5) is 12.3 Å². The zero-order chi connectivity index (χ0) is 8.48. The largest absolute Gasteiger partial charge is 0.653 e. The van der Waals surface area contributed by atoms with Crippen LogP contribution in [-0.2, 0) is 0 Å². The third kappa shape index (κ3) is 2.34. The van der Waals surface area contributed by atoms with Crippen molar-refractivity contribution in [2.45, 2.75) is 0 Å². The van der Waals surface area contributed by atoms with E-state index in [-0.39, 0.29) is 0 Å². The van der Waals surface area contributed by atoms with Gasteiger partial charge in [0.25, 0.3) is 0 Å². The maximum absolute atomic E-state index is 12.0. The summed E-state index contributed by atoms with van der Waals surface area (Å²) in [5.41, 5.74) is 0. The zero-order valence-corrected chi connectivity index (χ0v) is 7.91. The number of benzene rings is 1. The Bertz CT molecular complexity index is 241. The fourth-order valence-corrected chi connectivity index (χ4v) is 1.45. The highest BCUT2D eigenvalue weighted by molar-refractivity contribution is 9.10. The number of halogens is 4. The van der Waals surface area contributed by atoms with Gasteiger partial charge in [0.2, 0.25) is 0 Å². The molecule has 0 radical (unpaired) electrons. The van der Waals surface area contributed by atoms with E-state index in [0.29, 0.717) is 4.47 Å². The van der Waals surface area contributed by atoms with Crippen LogP contribution in [0, 0.1) is 0 Å². The zero-order valence-electron chi connectivity index (χ0n) is 5.32. The Hall–Kier alpha value is -0.293. The molecule has 1 rings (SSSR count). The molecule has 1 aromatic carbocycles. The smallest absolute Gasteiger partial charge is 0.234 e. The lowest BCUT2D eigenvalue weighted by Gasteiger charge is -2.00. The van der Waals surface area contributed by atoms with E-state index in [1.54, 1.807) is 0 Å². The first kappa shape index (κ1) is 8.80. The Morgan fingerprint density at radius 1 is 1.00 bits per heavy atom. The predicted octanol–water partition coefficient (Wildman–Crippen LogP) is 2.50. The van der Waals surface area contributed by atoms with Gasteiger partial charge in [-0.05, 0) is 12.1 Å². The van der Waals surface area contributed by atoms with Crippen molar-refractivity contribution >= 4 is 30.2 Å². The van der Waals surface area contributed by atoms with Crippen molar-refractivity contribution < 1.29 is 12.3 Å². The summed E-state index contributed by atoms with van der Waals surface area (Å²) in [5.74, 6) is 0.